The van der Waals surface area contributed by atoms with Crippen LogP contribution >= 0.6 is 11.6 Å². The Labute approximate surface area is 136 Å². The average molecular weight is 340 g/mol. The van der Waals surface area contributed by atoms with Crippen molar-refractivity contribution in [1.29, 1.82) is 0 Å². The molecule has 0 saturated carbocycles. The third kappa shape index (κ3) is 4.00. The predicted molar refractivity (Wildman–Crippen MR) is 87.8 cm³/mol. The molecule has 2 rings (SSSR count). The second-order valence-electron chi connectivity index (χ2n) is 4.78. The fraction of sp³-hybridized carbons (Fsp3) is 0.250. The Hall–Kier alpha value is -1.56. The van der Waals surface area contributed by atoms with E-state index in [1.54, 1.807) is 6.92 Å². The number of benzene rings is 2. The smallest absolute Gasteiger partial charge is 0.241 e. The lowest BCUT2D eigenvalue weighted by Crippen LogP contribution is -2.26. The monoisotopic (exact) mass is 339 g/mol. The highest BCUT2D eigenvalue weighted by molar-refractivity contribution is 7.89. The first kappa shape index (κ1) is 16.8. The maximum Gasteiger partial charge on any atom is 0.241 e. The summed E-state index contributed by atoms with van der Waals surface area (Å²) in [6.45, 7) is 4.02. The summed E-state index contributed by atoms with van der Waals surface area (Å²) >= 11 is 5.99. The maximum absolute atomic E-state index is 12.5. The average Bonchev–Trinajstić information content (AvgIpc) is 2.50. The van der Waals surface area contributed by atoms with E-state index in [2.05, 4.69) is 4.72 Å². The van der Waals surface area contributed by atoms with Gasteiger partial charge in [0.25, 0.3) is 0 Å². The van der Waals surface area contributed by atoms with Gasteiger partial charge in [0.1, 0.15) is 5.75 Å². The minimum atomic E-state index is -3.65. The van der Waals surface area contributed by atoms with Gasteiger partial charge in [-0.15, -0.1) is 0 Å². The summed E-state index contributed by atoms with van der Waals surface area (Å²) in [4.78, 5) is 0.128. The van der Waals surface area contributed by atoms with Crippen LogP contribution in [0.15, 0.2) is 53.4 Å². The highest BCUT2D eigenvalue weighted by Gasteiger charge is 2.19. The second kappa shape index (κ2) is 7.13. The van der Waals surface area contributed by atoms with Crippen molar-refractivity contribution in [2.45, 2.75) is 24.8 Å². The quantitative estimate of drug-likeness (QED) is 0.871. The van der Waals surface area contributed by atoms with Gasteiger partial charge in [0.15, 0.2) is 0 Å². The van der Waals surface area contributed by atoms with E-state index in [4.69, 9.17) is 16.3 Å². The van der Waals surface area contributed by atoms with Gasteiger partial charge in [-0.25, -0.2) is 13.1 Å². The summed E-state index contributed by atoms with van der Waals surface area (Å²) in [5.74, 6) is 0.361. The number of hydrogen-bond donors (Lipinski definition) is 1. The molecule has 0 amide bonds. The van der Waals surface area contributed by atoms with Crippen LogP contribution in [0, 0.1) is 0 Å². The van der Waals surface area contributed by atoms with Gasteiger partial charge in [0.05, 0.1) is 16.5 Å². The van der Waals surface area contributed by atoms with E-state index >= 15 is 0 Å². The molecule has 0 spiro atoms. The van der Waals surface area contributed by atoms with E-state index in [0.29, 0.717) is 17.4 Å². The van der Waals surface area contributed by atoms with E-state index in [9.17, 15) is 8.42 Å². The van der Waals surface area contributed by atoms with Gasteiger partial charge in [-0.05, 0) is 31.5 Å². The highest BCUT2D eigenvalue weighted by atomic mass is 35.5. The van der Waals surface area contributed by atoms with E-state index in [0.717, 1.165) is 5.56 Å². The molecule has 0 aliphatic carbocycles. The van der Waals surface area contributed by atoms with E-state index < -0.39 is 10.0 Å². The summed E-state index contributed by atoms with van der Waals surface area (Å²) < 4.78 is 32.9. The van der Waals surface area contributed by atoms with Crippen molar-refractivity contribution in [3.8, 4) is 5.75 Å². The number of hydrogen-bond acceptors (Lipinski definition) is 3. The van der Waals surface area contributed by atoms with Gasteiger partial charge in [-0.3, -0.25) is 0 Å². The van der Waals surface area contributed by atoms with Gasteiger partial charge in [-0.2, -0.15) is 0 Å². The normalized spacial score (nSPS) is 12.9. The zero-order valence-corrected chi connectivity index (χ0v) is 14.0. The van der Waals surface area contributed by atoms with Crippen LogP contribution in [0.1, 0.15) is 25.5 Å². The van der Waals surface area contributed by atoms with E-state index in [1.807, 2.05) is 37.3 Å². The van der Waals surface area contributed by atoms with Crippen molar-refractivity contribution in [1.82, 2.24) is 4.72 Å². The lowest BCUT2D eigenvalue weighted by molar-refractivity contribution is 0.339. The number of rotatable bonds is 6. The molecule has 1 unspecified atom stereocenters. The summed E-state index contributed by atoms with van der Waals surface area (Å²) in [6, 6.07) is 13.5. The van der Waals surface area contributed by atoms with E-state index in [-0.39, 0.29) is 10.9 Å². The molecule has 2 aromatic rings. The third-order valence-electron chi connectivity index (χ3n) is 3.14. The molecule has 0 heterocycles. The van der Waals surface area contributed by atoms with Crippen LogP contribution in [-0.2, 0) is 10.0 Å². The minimum absolute atomic E-state index is 0.128. The summed E-state index contributed by atoms with van der Waals surface area (Å²) in [5.41, 5.74) is 0.894. The SMILES string of the molecule is CCOc1cc(S(=O)(=O)NC(C)c2ccccc2)ccc1Cl. The fourth-order valence-corrected chi connectivity index (χ4v) is 3.45. The molecule has 6 heteroatoms. The number of sulfonamides is 1. The molecular weight excluding hydrogens is 322 g/mol. The molecule has 2 aromatic carbocycles. The van der Waals surface area contributed by atoms with Crippen LogP contribution in [0.4, 0.5) is 0 Å². The van der Waals surface area contributed by atoms with Crippen LogP contribution in [0.25, 0.3) is 0 Å². The maximum atomic E-state index is 12.5. The van der Waals surface area contributed by atoms with Crippen LogP contribution in [0.3, 0.4) is 0 Å². The summed E-state index contributed by atoms with van der Waals surface area (Å²) in [6.07, 6.45) is 0. The van der Waals surface area contributed by atoms with Crippen molar-refractivity contribution in [2.75, 3.05) is 6.61 Å². The Morgan fingerprint density at radius 1 is 1.18 bits per heavy atom. The molecule has 0 radical (unpaired) electrons. The lowest BCUT2D eigenvalue weighted by Gasteiger charge is -2.15. The Bertz CT molecular complexity index is 732. The number of nitrogens with one attached hydrogen (secondary N) is 1. The number of halogens is 1. The van der Waals surface area contributed by atoms with Gasteiger partial charge in [0.2, 0.25) is 10.0 Å². The largest absolute Gasteiger partial charge is 0.492 e. The van der Waals surface area contributed by atoms with Crippen LogP contribution < -0.4 is 9.46 Å². The fourth-order valence-electron chi connectivity index (χ4n) is 2.03. The molecule has 4 nitrogen and oxygen atoms in total. The first-order valence-electron chi connectivity index (χ1n) is 6.93. The van der Waals surface area contributed by atoms with Gasteiger partial charge in [-0.1, -0.05) is 41.9 Å². The molecular formula is C16H18ClNO3S. The van der Waals surface area contributed by atoms with Crippen LogP contribution in [-0.4, -0.2) is 15.0 Å². The Kier molecular flexibility index (Phi) is 5.45. The summed E-state index contributed by atoms with van der Waals surface area (Å²) in [7, 11) is -3.65. The van der Waals surface area contributed by atoms with Gasteiger partial charge in [0, 0.05) is 12.1 Å². The molecule has 0 saturated heterocycles. The highest BCUT2D eigenvalue weighted by Crippen LogP contribution is 2.28. The molecule has 0 fully saturated rings. The molecule has 0 aliphatic rings. The lowest BCUT2D eigenvalue weighted by atomic mass is 10.1. The zero-order chi connectivity index (χ0) is 16.2. The second-order valence-corrected chi connectivity index (χ2v) is 6.90. The standard InChI is InChI=1S/C16H18ClNO3S/c1-3-21-16-11-14(9-10-15(16)17)22(19,20)18-12(2)13-7-5-4-6-8-13/h4-12,18H,3H2,1-2H3. The predicted octanol–water partition coefficient (Wildman–Crippen LogP) is 3.78. The van der Waals surface area contributed by atoms with Crippen molar-refractivity contribution >= 4 is 21.6 Å². The molecule has 118 valence electrons. The first-order valence-corrected chi connectivity index (χ1v) is 8.80. The van der Waals surface area contributed by atoms with Gasteiger partial charge >= 0.3 is 0 Å². The zero-order valence-electron chi connectivity index (χ0n) is 12.4. The van der Waals surface area contributed by atoms with Crippen molar-refractivity contribution < 1.29 is 13.2 Å². The van der Waals surface area contributed by atoms with Crippen molar-refractivity contribution in [3.05, 3.63) is 59.1 Å². The van der Waals surface area contributed by atoms with Crippen molar-refractivity contribution in [2.24, 2.45) is 0 Å². The number of ether oxygens (including phenoxy) is 1. The minimum Gasteiger partial charge on any atom is -0.492 e. The molecule has 0 aliphatic heterocycles. The topological polar surface area (TPSA) is 55.4 Å². The molecule has 1 atom stereocenters. The van der Waals surface area contributed by atoms with E-state index in [1.165, 1.54) is 18.2 Å². The Balaban J connectivity index is 2.25. The Morgan fingerprint density at radius 2 is 1.86 bits per heavy atom. The van der Waals surface area contributed by atoms with Crippen LogP contribution in [0.5, 0.6) is 5.75 Å². The third-order valence-corrected chi connectivity index (χ3v) is 4.99. The van der Waals surface area contributed by atoms with Gasteiger partial charge < -0.3 is 4.74 Å². The molecule has 1 N–H and O–H groups in total. The first-order chi connectivity index (χ1) is 10.4. The Morgan fingerprint density at radius 3 is 2.50 bits per heavy atom. The summed E-state index contributed by atoms with van der Waals surface area (Å²) in [5, 5.41) is 0.386. The molecule has 22 heavy (non-hydrogen) atoms. The van der Waals surface area contributed by atoms with Crippen LogP contribution in [0.2, 0.25) is 5.02 Å². The van der Waals surface area contributed by atoms with Crippen molar-refractivity contribution in [3.63, 3.8) is 0 Å². The molecule has 0 bridgehead atoms. The molecule has 0 aromatic heterocycles.